The highest BCUT2D eigenvalue weighted by atomic mass is 19.4. The Morgan fingerprint density at radius 1 is 1.12 bits per heavy atom. The Balaban J connectivity index is 1.65. The van der Waals surface area contributed by atoms with Gasteiger partial charge < -0.3 is 24.1 Å². The van der Waals surface area contributed by atoms with Crippen LogP contribution in [-0.2, 0) is 28.5 Å². The van der Waals surface area contributed by atoms with Crippen LogP contribution in [0.25, 0.3) is 0 Å². The van der Waals surface area contributed by atoms with Crippen molar-refractivity contribution in [2.75, 3.05) is 6.61 Å². The topological polar surface area (TPSA) is 91.3 Å². The van der Waals surface area contributed by atoms with Crippen molar-refractivity contribution in [3.8, 4) is 0 Å². The van der Waals surface area contributed by atoms with Gasteiger partial charge in [0.15, 0.2) is 12.2 Å². The summed E-state index contributed by atoms with van der Waals surface area (Å²) in [6, 6.07) is 0. The van der Waals surface area contributed by atoms with Crippen molar-refractivity contribution in [3.63, 3.8) is 0 Å². The molecule has 186 valence electrons. The molecule has 0 aromatic rings. The molecule has 3 heterocycles. The van der Waals surface area contributed by atoms with Gasteiger partial charge in [-0.3, -0.25) is 4.79 Å². The lowest BCUT2D eigenvalue weighted by Gasteiger charge is -2.43. The molecule has 4 aliphatic rings. The SMILES string of the molecule is C=C(C)C(=O)OC1C2OC(=O)C3C2OC1C3C1(OCC(O)(C(F)(F)F)C(F)(F)F)CCCC1. The van der Waals surface area contributed by atoms with Crippen LogP contribution >= 0.6 is 0 Å². The predicted octanol–water partition coefficient (Wildman–Crippen LogP) is 2.60. The monoisotopic (exact) mass is 488 g/mol. The predicted molar refractivity (Wildman–Crippen MR) is 94.4 cm³/mol. The van der Waals surface area contributed by atoms with Gasteiger partial charge in [-0.05, 0) is 19.8 Å². The van der Waals surface area contributed by atoms with Crippen LogP contribution in [0.5, 0.6) is 0 Å². The van der Waals surface area contributed by atoms with E-state index >= 15 is 0 Å². The largest absolute Gasteiger partial charge is 0.455 e. The van der Waals surface area contributed by atoms with E-state index < -0.39 is 78.4 Å². The molecule has 1 aliphatic carbocycles. The average Bonchev–Trinajstić information content (AvgIpc) is 3.42. The maximum atomic E-state index is 13.2. The lowest BCUT2D eigenvalue weighted by Crippen LogP contribution is -2.62. The Morgan fingerprint density at radius 3 is 2.21 bits per heavy atom. The minimum Gasteiger partial charge on any atom is -0.455 e. The Hall–Kier alpha value is -1.86. The number of hydrogen-bond donors (Lipinski definition) is 1. The average molecular weight is 488 g/mol. The summed E-state index contributed by atoms with van der Waals surface area (Å²) in [7, 11) is 0. The van der Waals surface area contributed by atoms with Crippen molar-refractivity contribution >= 4 is 11.9 Å². The first-order chi connectivity index (χ1) is 15.1. The van der Waals surface area contributed by atoms with Crippen molar-refractivity contribution in [2.45, 2.75) is 80.6 Å². The van der Waals surface area contributed by atoms with E-state index in [1.807, 2.05) is 0 Å². The Kier molecular flexibility index (Phi) is 5.57. The quantitative estimate of drug-likeness (QED) is 0.349. The number of rotatable bonds is 6. The highest BCUT2D eigenvalue weighted by Gasteiger charge is 2.75. The Bertz CT molecular complexity index is 833. The number of alkyl halides is 6. The third-order valence-corrected chi connectivity index (χ3v) is 7.06. The minimum atomic E-state index is -6.05. The molecule has 0 spiro atoms. The van der Waals surface area contributed by atoms with Crippen LogP contribution in [0.3, 0.4) is 0 Å². The van der Waals surface area contributed by atoms with Gasteiger partial charge in [0.25, 0.3) is 5.60 Å². The van der Waals surface area contributed by atoms with Crippen LogP contribution in [0, 0.1) is 11.8 Å². The first-order valence-corrected chi connectivity index (χ1v) is 10.4. The summed E-state index contributed by atoms with van der Waals surface area (Å²) in [5.41, 5.74) is -6.70. The highest BCUT2D eigenvalue weighted by molar-refractivity contribution is 5.87. The molecule has 1 N–H and O–H groups in total. The maximum absolute atomic E-state index is 13.2. The van der Waals surface area contributed by atoms with E-state index in [2.05, 4.69) is 6.58 Å². The summed E-state index contributed by atoms with van der Waals surface area (Å²) >= 11 is 0. The van der Waals surface area contributed by atoms with Gasteiger partial charge in [0, 0.05) is 11.5 Å². The second-order valence-electron chi connectivity index (χ2n) is 9.08. The fourth-order valence-corrected chi connectivity index (χ4v) is 5.43. The maximum Gasteiger partial charge on any atom is 0.428 e. The van der Waals surface area contributed by atoms with Crippen molar-refractivity contribution in [1.29, 1.82) is 0 Å². The van der Waals surface area contributed by atoms with Crippen LogP contribution in [0.15, 0.2) is 12.2 Å². The molecule has 7 nitrogen and oxygen atoms in total. The van der Waals surface area contributed by atoms with E-state index in [1.54, 1.807) is 0 Å². The molecule has 0 aromatic heterocycles. The summed E-state index contributed by atoms with van der Waals surface area (Å²) in [6.07, 6.45) is -15.2. The number of aliphatic hydroxyl groups is 1. The molecule has 13 heteroatoms. The molecule has 4 fully saturated rings. The van der Waals surface area contributed by atoms with Crippen LogP contribution in [0.2, 0.25) is 0 Å². The molecule has 0 amide bonds. The van der Waals surface area contributed by atoms with Crippen LogP contribution in [0.1, 0.15) is 32.6 Å². The zero-order valence-corrected chi connectivity index (χ0v) is 17.4. The molecular weight excluding hydrogens is 466 g/mol. The standard InChI is InChI=1S/C20H22F6O7/c1-8(2)15(27)32-14-12-10(9-11(31-12)13(14)33-16(9)28)17(5-3-4-6-17)30-7-18(29,19(21,22)23)20(24,25)26/h9-14,29H,1,3-7H2,2H3. The molecule has 0 aromatic carbocycles. The molecule has 33 heavy (non-hydrogen) atoms. The fourth-order valence-electron chi connectivity index (χ4n) is 5.43. The molecule has 3 saturated heterocycles. The van der Waals surface area contributed by atoms with Gasteiger partial charge in [0.05, 0.1) is 18.1 Å². The van der Waals surface area contributed by atoms with Gasteiger partial charge in [-0.2, -0.15) is 26.3 Å². The van der Waals surface area contributed by atoms with E-state index in [1.165, 1.54) is 6.92 Å². The van der Waals surface area contributed by atoms with E-state index in [-0.39, 0.29) is 18.4 Å². The Labute approximate surface area is 184 Å². The molecule has 6 unspecified atom stereocenters. The van der Waals surface area contributed by atoms with Gasteiger partial charge in [0.1, 0.15) is 12.2 Å². The number of esters is 2. The number of carbonyl (C=O) groups is 2. The van der Waals surface area contributed by atoms with E-state index in [9.17, 15) is 41.0 Å². The molecule has 3 aliphatic heterocycles. The molecule has 6 atom stereocenters. The summed E-state index contributed by atoms with van der Waals surface area (Å²) in [4.78, 5) is 24.6. The van der Waals surface area contributed by atoms with Crippen molar-refractivity contribution in [3.05, 3.63) is 12.2 Å². The van der Waals surface area contributed by atoms with Gasteiger partial charge in [-0.1, -0.05) is 19.4 Å². The van der Waals surface area contributed by atoms with E-state index in [0.29, 0.717) is 12.8 Å². The zero-order valence-electron chi connectivity index (χ0n) is 17.4. The lowest BCUT2D eigenvalue weighted by molar-refractivity contribution is -0.384. The molecule has 4 rings (SSSR count). The number of ether oxygens (including phenoxy) is 4. The van der Waals surface area contributed by atoms with Crippen molar-refractivity contribution in [2.24, 2.45) is 11.8 Å². The third-order valence-electron chi connectivity index (χ3n) is 7.06. The smallest absolute Gasteiger partial charge is 0.428 e. The number of hydrogen-bond acceptors (Lipinski definition) is 7. The third kappa shape index (κ3) is 3.54. The second kappa shape index (κ2) is 7.57. The lowest BCUT2D eigenvalue weighted by atomic mass is 9.68. The van der Waals surface area contributed by atoms with Crippen molar-refractivity contribution < 1.29 is 60.0 Å². The summed E-state index contributed by atoms with van der Waals surface area (Å²) in [5.74, 6) is -3.57. The van der Waals surface area contributed by atoms with E-state index in [0.717, 1.165) is 0 Å². The molecule has 2 bridgehead atoms. The Morgan fingerprint density at radius 2 is 1.70 bits per heavy atom. The van der Waals surface area contributed by atoms with Crippen LogP contribution < -0.4 is 0 Å². The van der Waals surface area contributed by atoms with Gasteiger partial charge in [-0.25, -0.2) is 4.79 Å². The summed E-state index contributed by atoms with van der Waals surface area (Å²) in [5, 5.41) is 9.57. The van der Waals surface area contributed by atoms with Crippen LogP contribution in [0.4, 0.5) is 26.3 Å². The van der Waals surface area contributed by atoms with E-state index in [4.69, 9.17) is 18.9 Å². The summed E-state index contributed by atoms with van der Waals surface area (Å²) in [6.45, 7) is 2.74. The molecule has 0 radical (unpaired) electrons. The van der Waals surface area contributed by atoms with Gasteiger partial charge >= 0.3 is 24.3 Å². The highest BCUT2D eigenvalue weighted by Crippen LogP contribution is 2.59. The second-order valence-corrected chi connectivity index (χ2v) is 9.08. The fraction of sp³-hybridized carbons (Fsp3) is 0.800. The number of halogens is 6. The van der Waals surface area contributed by atoms with Gasteiger partial charge in [0.2, 0.25) is 0 Å². The summed E-state index contributed by atoms with van der Waals surface area (Å²) < 4.78 is 101. The van der Waals surface area contributed by atoms with Gasteiger partial charge in [-0.15, -0.1) is 0 Å². The number of carbonyl (C=O) groups excluding carboxylic acids is 2. The number of fused-ring (bicyclic) bond motifs is 1. The molecule has 1 saturated carbocycles. The van der Waals surface area contributed by atoms with Crippen molar-refractivity contribution in [1.82, 2.24) is 0 Å². The van der Waals surface area contributed by atoms with Crippen LogP contribution in [-0.4, -0.2) is 71.6 Å². The first kappa shape index (κ1) is 24.3. The zero-order chi connectivity index (χ0) is 24.6. The molecular formula is C20H22F6O7. The minimum absolute atomic E-state index is 0.0334. The first-order valence-electron chi connectivity index (χ1n) is 10.4. The normalized spacial score (nSPS) is 35.1.